The molecule has 7 nitrogen and oxygen atoms in total. The fourth-order valence-electron chi connectivity index (χ4n) is 4.30. The number of likely N-dealkylation sites (tertiary alicyclic amines) is 1. The zero-order valence-corrected chi connectivity index (χ0v) is 19.5. The van der Waals surface area contributed by atoms with E-state index in [1.165, 1.54) is 0 Å². The second-order valence-corrected chi connectivity index (χ2v) is 8.79. The van der Waals surface area contributed by atoms with Gasteiger partial charge >= 0.3 is 17.8 Å². The standard InChI is InChI=1S/C23H20ClN3O2.C2HF3O2/c24-18-7-8-21-20(14-18)25-23(29)27(21)19-9-11-26(12-10-19)22(28)17-6-5-15-3-1-2-4-16(15)13-17;3-2(4,5)1(6)7/h1-8,13-14,19H,9-12H2,(H,25,29);(H,6,7). The maximum atomic E-state index is 13.0. The van der Waals surface area contributed by atoms with Crippen LogP contribution in [0.25, 0.3) is 21.8 Å². The fraction of sp³-hybridized carbons (Fsp3) is 0.240. The number of aromatic nitrogens is 2. The van der Waals surface area contributed by atoms with E-state index in [1.807, 2.05) is 58.0 Å². The molecule has 0 bridgehead atoms. The summed E-state index contributed by atoms with van der Waals surface area (Å²) in [6.07, 6.45) is -3.59. The number of benzene rings is 3. The average Bonchev–Trinajstić information content (AvgIpc) is 3.17. The number of carboxylic acid groups (broad SMARTS) is 1. The Kier molecular flexibility index (Phi) is 7.07. The molecule has 0 spiro atoms. The fourth-order valence-corrected chi connectivity index (χ4v) is 4.47. The van der Waals surface area contributed by atoms with Crippen molar-refractivity contribution in [3.63, 3.8) is 0 Å². The molecule has 1 saturated heterocycles. The first kappa shape index (κ1) is 25.3. The molecule has 0 aliphatic carbocycles. The van der Waals surface area contributed by atoms with Gasteiger partial charge in [0, 0.05) is 29.7 Å². The van der Waals surface area contributed by atoms with Gasteiger partial charge in [-0.1, -0.05) is 41.9 Å². The zero-order chi connectivity index (χ0) is 26.0. The molecule has 0 saturated carbocycles. The van der Waals surface area contributed by atoms with Crippen LogP contribution < -0.4 is 5.69 Å². The van der Waals surface area contributed by atoms with Crippen molar-refractivity contribution in [1.82, 2.24) is 14.5 Å². The van der Waals surface area contributed by atoms with Gasteiger partial charge in [-0.15, -0.1) is 0 Å². The lowest BCUT2D eigenvalue weighted by molar-refractivity contribution is -0.192. The molecule has 188 valence electrons. The summed E-state index contributed by atoms with van der Waals surface area (Å²) in [6, 6.07) is 19.4. The molecule has 11 heteroatoms. The highest BCUT2D eigenvalue weighted by atomic mass is 35.5. The summed E-state index contributed by atoms with van der Waals surface area (Å²) in [5.41, 5.74) is 2.19. The normalized spacial score (nSPS) is 14.5. The van der Waals surface area contributed by atoms with E-state index < -0.39 is 12.1 Å². The maximum absolute atomic E-state index is 13.0. The van der Waals surface area contributed by atoms with Crippen LogP contribution in [-0.2, 0) is 4.79 Å². The summed E-state index contributed by atoms with van der Waals surface area (Å²) in [6.45, 7) is 1.26. The quantitative estimate of drug-likeness (QED) is 0.378. The first-order valence-corrected chi connectivity index (χ1v) is 11.4. The first-order valence-electron chi connectivity index (χ1n) is 11.0. The number of halogens is 4. The van der Waals surface area contributed by atoms with E-state index in [9.17, 15) is 22.8 Å². The van der Waals surface area contributed by atoms with Crippen molar-refractivity contribution in [2.45, 2.75) is 25.1 Å². The summed E-state index contributed by atoms with van der Waals surface area (Å²) < 4.78 is 33.5. The van der Waals surface area contributed by atoms with Gasteiger partial charge in [0.05, 0.1) is 11.0 Å². The van der Waals surface area contributed by atoms with Gasteiger partial charge in [-0.2, -0.15) is 13.2 Å². The highest BCUT2D eigenvalue weighted by Gasteiger charge is 2.38. The number of hydrogen-bond donors (Lipinski definition) is 2. The Morgan fingerprint density at radius 1 is 0.972 bits per heavy atom. The SMILES string of the molecule is O=C(O)C(F)(F)F.O=C(c1ccc2ccccc2c1)N1CCC(n2c(=O)[nH]c3cc(Cl)ccc32)CC1. The van der Waals surface area contributed by atoms with Crippen LogP contribution in [0.2, 0.25) is 5.02 Å². The molecule has 5 rings (SSSR count). The Labute approximate surface area is 207 Å². The summed E-state index contributed by atoms with van der Waals surface area (Å²) in [7, 11) is 0. The Balaban J connectivity index is 0.000000384. The number of nitrogens with one attached hydrogen (secondary N) is 1. The lowest BCUT2D eigenvalue weighted by Gasteiger charge is -2.32. The van der Waals surface area contributed by atoms with Crippen molar-refractivity contribution >= 4 is 45.3 Å². The number of hydrogen-bond acceptors (Lipinski definition) is 3. The lowest BCUT2D eigenvalue weighted by atomic mass is 10.0. The van der Waals surface area contributed by atoms with Crippen LogP contribution >= 0.6 is 11.6 Å². The molecule has 0 radical (unpaired) electrons. The third kappa shape index (κ3) is 5.38. The van der Waals surface area contributed by atoms with Crippen molar-refractivity contribution < 1.29 is 27.9 Å². The molecule has 1 aromatic heterocycles. The van der Waals surface area contributed by atoms with Gasteiger partial charge in [0.1, 0.15) is 0 Å². The molecule has 1 aliphatic heterocycles. The largest absolute Gasteiger partial charge is 0.490 e. The minimum atomic E-state index is -5.08. The summed E-state index contributed by atoms with van der Waals surface area (Å²) >= 11 is 6.04. The number of aromatic amines is 1. The number of rotatable bonds is 2. The zero-order valence-electron chi connectivity index (χ0n) is 18.8. The van der Waals surface area contributed by atoms with Crippen LogP contribution in [0.3, 0.4) is 0 Å². The molecule has 4 aromatic rings. The smallest absolute Gasteiger partial charge is 0.475 e. The number of amides is 1. The number of piperidine rings is 1. The maximum Gasteiger partial charge on any atom is 0.490 e. The molecule has 1 fully saturated rings. The predicted molar refractivity (Wildman–Crippen MR) is 129 cm³/mol. The van der Waals surface area contributed by atoms with Crippen LogP contribution in [-0.4, -0.2) is 50.7 Å². The second-order valence-electron chi connectivity index (χ2n) is 8.35. The Hall–Kier alpha value is -3.79. The topological polar surface area (TPSA) is 95.4 Å². The molecule has 36 heavy (non-hydrogen) atoms. The number of carbonyl (C=O) groups excluding carboxylic acids is 1. The number of aliphatic carboxylic acids is 1. The Morgan fingerprint density at radius 2 is 1.61 bits per heavy atom. The van der Waals surface area contributed by atoms with Gasteiger partial charge in [-0.25, -0.2) is 9.59 Å². The third-order valence-corrected chi connectivity index (χ3v) is 6.27. The number of carbonyl (C=O) groups is 2. The number of imidazole rings is 1. The van der Waals surface area contributed by atoms with Crippen molar-refractivity contribution in [2.75, 3.05) is 13.1 Å². The van der Waals surface area contributed by atoms with Gasteiger partial charge < -0.3 is 15.0 Å². The summed E-state index contributed by atoms with van der Waals surface area (Å²) in [5, 5.41) is 9.92. The molecule has 2 N–H and O–H groups in total. The summed E-state index contributed by atoms with van der Waals surface area (Å²) in [4.78, 5) is 39.2. The Bertz CT molecular complexity index is 1490. The molecule has 1 aliphatic rings. The van der Waals surface area contributed by atoms with E-state index in [2.05, 4.69) is 4.98 Å². The lowest BCUT2D eigenvalue weighted by Crippen LogP contribution is -2.40. The number of H-pyrrole nitrogens is 1. The number of alkyl halides is 3. The minimum absolute atomic E-state index is 0.0484. The van der Waals surface area contributed by atoms with E-state index in [1.54, 1.807) is 12.1 Å². The number of fused-ring (bicyclic) bond motifs is 2. The van der Waals surface area contributed by atoms with Crippen molar-refractivity contribution in [3.8, 4) is 0 Å². The van der Waals surface area contributed by atoms with E-state index in [-0.39, 0.29) is 17.6 Å². The number of nitrogens with zero attached hydrogens (tertiary/aromatic N) is 2. The van der Waals surface area contributed by atoms with E-state index in [0.29, 0.717) is 23.7 Å². The van der Waals surface area contributed by atoms with Crippen LogP contribution in [0.15, 0.2) is 65.5 Å². The monoisotopic (exact) mass is 519 g/mol. The molecule has 2 heterocycles. The van der Waals surface area contributed by atoms with E-state index in [0.717, 1.165) is 34.6 Å². The van der Waals surface area contributed by atoms with E-state index >= 15 is 0 Å². The van der Waals surface area contributed by atoms with Crippen LogP contribution in [0.1, 0.15) is 29.2 Å². The molecule has 0 atom stereocenters. The molecule has 3 aromatic carbocycles. The van der Waals surface area contributed by atoms with Gasteiger partial charge in [0.2, 0.25) is 0 Å². The van der Waals surface area contributed by atoms with E-state index in [4.69, 9.17) is 21.5 Å². The van der Waals surface area contributed by atoms with Crippen LogP contribution in [0.5, 0.6) is 0 Å². The first-order chi connectivity index (χ1) is 17.0. The highest BCUT2D eigenvalue weighted by Crippen LogP contribution is 2.27. The molecule has 1 amide bonds. The third-order valence-electron chi connectivity index (χ3n) is 6.03. The minimum Gasteiger partial charge on any atom is -0.475 e. The average molecular weight is 520 g/mol. The molecular formula is C25H21ClF3N3O4. The summed E-state index contributed by atoms with van der Waals surface area (Å²) in [5.74, 6) is -2.71. The van der Waals surface area contributed by atoms with Crippen molar-refractivity contribution in [2.24, 2.45) is 0 Å². The Morgan fingerprint density at radius 3 is 2.25 bits per heavy atom. The highest BCUT2D eigenvalue weighted by molar-refractivity contribution is 6.31. The number of carboxylic acids is 1. The van der Waals surface area contributed by atoms with Crippen LogP contribution in [0, 0.1) is 0 Å². The van der Waals surface area contributed by atoms with Crippen molar-refractivity contribution in [1.29, 1.82) is 0 Å². The van der Waals surface area contributed by atoms with Gasteiger partial charge in [-0.3, -0.25) is 9.36 Å². The van der Waals surface area contributed by atoms with Gasteiger partial charge in [0.15, 0.2) is 0 Å². The predicted octanol–water partition coefficient (Wildman–Crippen LogP) is 5.25. The van der Waals surface area contributed by atoms with Gasteiger partial charge in [-0.05, 0) is 53.9 Å². The second kappa shape index (κ2) is 10.1. The van der Waals surface area contributed by atoms with Crippen LogP contribution in [0.4, 0.5) is 13.2 Å². The van der Waals surface area contributed by atoms with Gasteiger partial charge in [0.25, 0.3) is 5.91 Å². The van der Waals surface area contributed by atoms with Crippen molar-refractivity contribution in [3.05, 3.63) is 81.7 Å². The molecule has 0 unspecified atom stereocenters. The molecular weight excluding hydrogens is 499 g/mol.